The van der Waals surface area contributed by atoms with Gasteiger partial charge in [0, 0.05) is 65.7 Å². The number of hydrogen-bond donors (Lipinski definition) is 2. The number of aromatic hydroxyl groups is 1. The highest BCUT2D eigenvalue weighted by molar-refractivity contribution is 6.03. The molecule has 0 saturated carbocycles. The van der Waals surface area contributed by atoms with E-state index in [1.165, 1.54) is 93.2 Å². The molecule has 5 heteroatoms. The molecule has 5 nitrogen and oxygen atoms in total. The van der Waals surface area contributed by atoms with Gasteiger partial charge in [0.1, 0.15) is 12.3 Å². The lowest BCUT2D eigenvalue weighted by Gasteiger charge is -2.25. The number of nitrogens with one attached hydrogen (secondary N) is 1. The second-order valence-corrected chi connectivity index (χ2v) is 19.2. The van der Waals surface area contributed by atoms with Crippen LogP contribution < -0.4 is 10.2 Å². The van der Waals surface area contributed by atoms with Gasteiger partial charge in [0.2, 0.25) is 11.6 Å². The van der Waals surface area contributed by atoms with Gasteiger partial charge in [0.15, 0.2) is 5.71 Å². The largest absolute Gasteiger partial charge is 0.508 e. The van der Waals surface area contributed by atoms with E-state index in [9.17, 15) is 9.90 Å². The molecule has 0 saturated heterocycles. The summed E-state index contributed by atoms with van der Waals surface area (Å²) in [6.07, 6.45) is 23.5. The van der Waals surface area contributed by atoms with Crippen molar-refractivity contribution in [3.63, 3.8) is 0 Å². The summed E-state index contributed by atoms with van der Waals surface area (Å²) >= 11 is 0. The second kappa shape index (κ2) is 31.0. The zero-order chi connectivity index (χ0) is 52.7. The molecule has 5 rings (SSSR count). The molecule has 370 valence electrons. The third kappa shape index (κ3) is 18.0. The molecule has 0 aromatic heterocycles. The molecule has 1 amide bonds. The van der Waals surface area contributed by atoms with Crippen LogP contribution in [0.3, 0.4) is 0 Å². The minimum atomic E-state index is -0.276. The monoisotopic (exact) mass is 971 g/mol. The highest BCUT2D eigenvalue weighted by atomic mass is 16.3. The van der Waals surface area contributed by atoms with Gasteiger partial charge >= 0.3 is 0 Å². The molecule has 74 heavy (non-hydrogen) atoms. The van der Waals surface area contributed by atoms with Crippen molar-refractivity contribution in [2.75, 3.05) is 18.0 Å². The first-order chi connectivity index (χ1) is 36.1. The molecular weight excluding hydrogens is 903 g/mol. The van der Waals surface area contributed by atoms with E-state index in [2.05, 4.69) is 229 Å². The number of nitrogens with zero attached hydrogens (tertiary/aromatic N) is 2. The minimum absolute atomic E-state index is 0.00751. The number of benzene rings is 3. The number of hydrogen-bond acceptors (Lipinski definition) is 3. The number of phenols is 1. The number of rotatable bonds is 21. The molecule has 0 bridgehead atoms. The fourth-order valence-electron chi connectivity index (χ4n) is 9.16. The molecule has 2 aliphatic heterocycles. The van der Waals surface area contributed by atoms with Crippen LogP contribution in [0.25, 0.3) is 0 Å². The first kappa shape index (κ1) is 56.4. The molecule has 0 radical (unpaired) electrons. The van der Waals surface area contributed by atoms with Crippen molar-refractivity contribution in [3.8, 4) is 124 Å². The Morgan fingerprint density at radius 2 is 1.15 bits per heavy atom. The van der Waals surface area contributed by atoms with Crippen LogP contribution in [-0.2, 0) is 28.6 Å². The SMILES string of the molecule is CC#CC#CC#CC#CC#CC#CC#CC#CC#CC#CCN1/C(=C/C=C/C2=[N+](CCCCCCCCCCCCCC)c3ccc(CNC(=O)CCc4ccc(O)cc4)cc3C2(C)C)C(C)(C)c2ccccc21. The van der Waals surface area contributed by atoms with Crippen LogP contribution >= 0.6 is 0 Å². The minimum Gasteiger partial charge on any atom is -0.508 e. The summed E-state index contributed by atoms with van der Waals surface area (Å²) in [4.78, 5) is 15.3. The molecule has 2 N–H and O–H groups in total. The summed E-state index contributed by atoms with van der Waals surface area (Å²) in [6.45, 7) is 15.0. The number of allylic oxidation sites excluding steroid dienone is 4. The van der Waals surface area contributed by atoms with Crippen LogP contribution in [0, 0.1) is 118 Å². The predicted octanol–water partition coefficient (Wildman–Crippen LogP) is 12.0. The van der Waals surface area contributed by atoms with Crippen LogP contribution in [0.1, 0.15) is 147 Å². The summed E-state index contributed by atoms with van der Waals surface area (Å²) in [5, 5.41) is 12.8. The topological polar surface area (TPSA) is 55.6 Å². The lowest BCUT2D eigenvalue weighted by atomic mass is 9.80. The van der Waals surface area contributed by atoms with Crippen molar-refractivity contribution in [1.29, 1.82) is 0 Å². The number of para-hydroxylation sites is 1. The summed E-state index contributed by atoms with van der Waals surface area (Å²) in [5.74, 6) is 53.8. The van der Waals surface area contributed by atoms with Crippen molar-refractivity contribution in [2.24, 2.45) is 0 Å². The third-order valence-electron chi connectivity index (χ3n) is 13.1. The van der Waals surface area contributed by atoms with E-state index in [0.29, 0.717) is 25.9 Å². The molecule has 3 aromatic carbocycles. The van der Waals surface area contributed by atoms with Gasteiger partial charge in [-0.25, -0.2) is 0 Å². The Labute approximate surface area is 444 Å². The fourth-order valence-corrected chi connectivity index (χ4v) is 9.16. The number of carbonyl (C=O) groups is 1. The first-order valence-electron chi connectivity index (χ1n) is 26.1. The molecule has 0 atom stereocenters. The average Bonchev–Trinajstić information content (AvgIpc) is 3.74. The van der Waals surface area contributed by atoms with Gasteiger partial charge in [-0.1, -0.05) is 139 Å². The Balaban J connectivity index is 1.29. The first-order valence-corrected chi connectivity index (χ1v) is 26.1. The molecule has 0 aliphatic carbocycles. The van der Waals surface area contributed by atoms with E-state index in [0.717, 1.165) is 35.5 Å². The van der Waals surface area contributed by atoms with Gasteiger partial charge < -0.3 is 15.3 Å². The number of amides is 1. The van der Waals surface area contributed by atoms with Crippen LogP contribution in [0.5, 0.6) is 5.75 Å². The van der Waals surface area contributed by atoms with E-state index in [4.69, 9.17) is 0 Å². The summed E-state index contributed by atoms with van der Waals surface area (Å²) < 4.78 is 2.53. The highest BCUT2D eigenvalue weighted by Crippen LogP contribution is 2.47. The Morgan fingerprint density at radius 3 is 1.73 bits per heavy atom. The highest BCUT2D eigenvalue weighted by Gasteiger charge is 2.44. The molecule has 0 fully saturated rings. The van der Waals surface area contributed by atoms with Crippen LogP contribution in [0.4, 0.5) is 11.4 Å². The summed E-state index contributed by atoms with van der Waals surface area (Å²) in [7, 11) is 0. The molecule has 3 aromatic rings. The maximum absolute atomic E-state index is 13.0. The Morgan fingerprint density at radius 1 is 0.622 bits per heavy atom. The van der Waals surface area contributed by atoms with Gasteiger partial charge in [0.25, 0.3) is 0 Å². The zero-order valence-corrected chi connectivity index (χ0v) is 44.4. The summed E-state index contributed by atoms with van der Waals surface area (Å²) in [6, 6.07) is 22.3. The smallest absolute Gasteiger partial charge is 0.220 e. The lowest BCUT2D eigenvalue weighted by molar-refractivity contribution is -0.438. The molecule has 2 aliphatic rings. The number of phenolic OH excluding ortho intramolecular Hbond substituents is 1. The number of aryl methyl sites for hydroxylation is 1. The predicted molar refractivity (Wildman–Crippen MR) is 306 cm³/mol. The van der Waals surface area contributed by atoms with Gasteiger partial charge in [-0.2, -0.15) is 4.58 Å². The summed E-state index contributed by atoms with van der Waals surface area (Å²) in [5.41, 5.74) is 8.89. The van der Waals surface area contributed by atoms with Crippen LogP contribution in [0.2, 0.25) is 0 Å². The van der Waals surface area contributed by atoms with Crippen LogP contribution in [-0.4, -0.2) is 34.4 Å². The van der Waals surface area contributed by atoms with Crippen molar-refractivity contribution in [3.05, 3.63) is 113 Å². The normalized spacial score (nSPS) is 13.1. The lowest BCUT2D eigenvalue weighted by Crippen LogP contribution is -2.28. The quantitative estimate of drug-likeness (QED) is 0.0635. The third-order valence-corrected chi connectivity index (χ3v) is 13.1. The maximum atomic E-state index is 13.0. The molecule has 2 heterocycles. The van der Waals surface area contributed by atoms with E-state index < -0.39 is 0 Å². The molecule has 0 unspecified atom stereocenters. The molecular formula is C69H68N3O2+. The van der Waals surface area contributed by atoms with Crippen molar-refractivity contribution in [2.45, 2.75) is 149 Å². The van der Waals surface area contributed by atoms with Gasteiger partial charge in [-0.3, -0.25) is 4.79 Å². The Kier molecular flexibility index (Phi) is 23.7. The Bertz CT molecular complexity index is 3240. The maximum Gasteiger partial charge on any atom is 0.220 e. The van der Waals surface area contributed by atoms with Gasteiger partial charge in [0.05, 0.1) is 12.0 Å². The Hall–Kier alpha value is -8.52. The van der Waals surface area contributed by atoms with Gasteiger partial charge in [-0.05, 0) is 175 Å². The zero-order valence-electron chi connectivity index (χ0n) is 44.4. The van der Waals surface area contributed by atoms with Crippen molar-refractivity contribution >= 4 is 23.0 Å². The number of carbonyl (C=O) groups excluding carboxylic acids is 1. The van der Waals surface area contributed by atoms with Crippen molar-refractivity contribution in [1.82, 2.24) is 5.32 Å². The van der Waals surface area contributed by atoms with Gasteiger partial charge in [-0.15, -0.1) is 0 Å². The number of fused-ring (bicyclic) bond motifs is 2. The number of unbranched alkanes of at least 4 members (excludes halogenated alkanes) is 11. The second-order valence-electron chi connectivity index (χ2n) is 19.2. The van der Waals surface area contributed by atoms with E-state index in [1.54, 1.807) is 19.1 Å². The average molecular weight is 971 g/mol. The van der Waals surface area contributed by atoms with E-state index in [1.807, 2.05) is 12.1 Å². The number of anilines is 1. The van der Waals surface area contributed by atoms with Crippen LogP contribution in [0.15, 0.2) is 90.7 Å². The fraction of sp³-hybridized carbons (Fsp3) is 0.362. The standard InChI is InChI=1S/C69H67N3O2/c1-7-9-11-13-15-17-19-21-22-23-24-25-26-27-28-30-32-33-35-39-54-71-63-43-38-37-42-61(63)68(3,4)65(71)44-41-45-66-69(5,6)62-56-59(57-70-67(74)53-49-58-46-50-60(73)51-47-58)48-52-64(62)72(66)55-40-36-34-31-29-20-18-16-14-12-10-8-2/h37-38,41-48,50-52,56H,8,10,12,14,16,18,20,29,31,34,36,40,49,53-55,57H2,1-6H3,(H-,70,73,74)/p+1. The van der Waals surface area contributed by atoms with E-state index in [-0.39, 0.29) is 22.5 Å². The molecule has 0 spiro atoms. The van der Waals surface area contributed by atoms with E-state index >= 15 is 0 Å². The van der Waals surface area contributed by atoms with Crippen molar-refractivity contribution < 1.29 is 14.5 Å².